The van der Waals surface area contributed by atoms with E-state index < -0.39 is 10.0 Å². The van der Waals surface area contributed by atoms with E-state index in [1.54, 1.807) is 12.1 Å². The van der Waals surface area contributed by atoms with E-state index in [4.69, 9.17) is 28.3 Å². The first-order valence-electron chi connectivity index (χ1n) is 5.70. The van der Waals surface area contributed by atoms with E-state index >= 15 is 0 Å². The lowest BCUT2D eigenvalue weighted by atomic mass is 10.2. The summed E-state index contributed by atoms with van der Waals surface area (Å²) < 4.78 is 27.6. The highest BCUT2D eigenvalue weighted by Crippen LogP contribution is 2.28. The molecular weight excluding hydrogens is 401 g/mol. The number of anilines is 1. The van der Waals surface area contributed by atoms with Crippen molar-refractivity contribution >= 4 is 54.8 Å². The lowest BCUT2D eigenvalue weighted by molar-refractivity contribution is 0.281. The highest BCUT2D eigenvalue weighted by molar-refractivity contribution is 9.10. The van der Waals surface area contributed by atoms with Gasteiger partial charge in [-0.2, -0.15) is 0 Å². The molecular formula is C13H10BrCl2NO3S. The topological polar surface area (TPSA) is 66.4 Å². The van der Waals surface area contributed by atoms with Crippen LogP contribution in [-0.4, -0.2) is 13.5 Å². The predicted octanol–water partition coefficient (Wildman–Crippen LogP) is 4.05. The molecule has 8 heteroatoms. The van der Waals surface area contributed by atoms with Crippen LogP contribution >= 0.6 is 39.1 Å². The molecule has 2 N–H and O–H groups in total. The third-order valence-corrected chi connectivity index (χ3v) is 5.39. The smallest absolute Gasteiger partial charge is 0.263 e. The summed E-state index contributed by atoms with van der Waals surface area (Å²) in [6.45, 7) is -0.251. The van der Waals surface area contributed by atoms with Gasteiger partial charge in [0.25, 0.3) is 10.0 Å². The SMILES string of the molecule is O=S(=O)(Nc1cc(Cl)cc(Cl)c1)c1cc(CO)ccc1Br. The Morgan fingerprint density at radius 1 is 1.10 bits per heavy atom. The van der Waals surface area contributed by atoms with E-state index in [0.29, 0.717) is 20.1 Å². The number of aliphatic hydroxyl groups excluding tert-OH is 1. The maximum absolute atomic E-state index is 12.4. The summed E-state index contributed by atoms with van der Waals surface area (Å²) in [5.41, 5.74) is 0.747. The Hall–Kier alpha value is -0.790. The first-order chi connectivity index (χ1) is 9.81. The molecule has 0 saturated carbocycles. The van der Waals surface area contributed by atoms with Crippen molar-refractivity contribution in [3.8, 4) is 0 Å². The second-order valence-electron chi connectivity index (χ2n) is 4.19. The van der Waals surface area contributed by atoms with Gasteiger partial charge in [-0.1, -0.05) is 29.3 Å². The minimum absolute atomic E-state index is 0.0187. The molecule has 112 valence electrons. The zero-order valence-electron chi connectivity index (χ0n) is 10.5. The van der Waals surface area contributed by atoms with Gasteiger partial charge in [0.05, 0.1) is 12.3 Å². The fourth-order valence-electron chi connectivity index (χ4n) is 1.67. The second-order valence-corrected chi connectivity index (χ2v) is 7.56. The molecule has 0 saturated heterocycles. The molecule has 0 spiro atoms. The zero-order chi connectivity index (χ0) is 15.6. The minimum atomic E-state index is -3.84. The summed E-state index contributed by atoms with van der Waals surface area (Å²) in [6.07, 6.45) is 0. The van der Waals surface area contributed by atoms with Crippen molar-refractivity contribution in [3.63, 3.8) is 0 Å². The van der Waals surface area contributed by atoms with Crippen LogP contribution in [0.3, 0.4) is 0 Å². The van der Waals surface area contributed by atoms with Gasteiger partial charge in [-0.15, -0.1) is 0 Å². The van der Waals surface area contributed by atoms with Gasteiger partial charge in [0, 0.05) is 14.5 Å². The highest BCUT2D eigenvalue weighted by Gasteiger charge is 2.18. The molecule has 0 fully saturated rings. The molecule has 0 unspecified atom stereocenters. The zero-order valence-corrected chi connectivity index (χ0v) is 14.4. The van der Waals surface area contributed by atoms with E-state index in [2.05, 4.69) is 20.7 Å². The molecule has 0 atom stereocenters. The van der Waals surface area contributed by atoms with E-state index in [1.165, 1.54) is 24.3 Å². The first kappa shape index (κ1) is 16.6. The molecule has 0 radical (unpaired) electrons. The average Bonchev–Trinajstić information content (AvgIpc) is 2.37. The fourth-order valence-corrected chi connectivity index (χ4v) is 4.26. The number of rotatable bonds is 4. The van der Waals surface area contributed by atoms with E-state index in [9.17, 15) is 8.42 Å². The molecule has 0 bridgehead atoms. The largest absolute Gasteiger partial charge is 0.392 e. The van der Waals surface area contributed by atoms with Crippen LogP contribution in [0.5, 0.6) is 0 Å². The highest BCUT2D eigenvalue weighted by atomic mass is 79.9. The van der Waals surface area contributed by atoms with Gasteiger partial charge in [-0.25, -0.2) is 8.42 Å². The maximum Gasteiger partial charge on any atom is 0.263 e. The van der Waals surface area contributed by atoms with E-state index in [-0.39, 0.29) is 17.2 Å². The number of nitrogens with one attached hydrogen (secondary N) is 1. The van der Waals surface area contributed by atoms with E-state index in [1.807, 2.05) is 0 Å². The molecule has 0 heterocycles. The quantitative estimate of drug-likeness (QED) is 0.798. The number of hydrogen-bond donors (Lipinski definition) is 2. The molecule has 21 heavy (non-hydrogen) atoms. The summed E-state index contributed by atoms with van der Waals surface area (Å²) in [7, 11) is -3.84. The normalized spacial score (nSPS) is 11.4. The fraction of sp³-hybridized carbons (Fsp3) is 0.0769. The molecule has 2 rings (SSSR count). The van der Waals surface area contributed by atoms with Crippen LogP contribution in [-0.2, 0) is 16.6 Å². The minimum Gasteiger partial charge on any atom is -0.392 e. The Balaban J connectivity index is 2.42. The van der Waals surface area contributed by atoms with Crippen molar-refractivity contribution in [3.05, 3.63) is 56.5 Å². The van der Waals surface area contributed by atoms with Crippen molar-refractivity contribution in [1.29, 1.82) is 0 Å². The predicted molar refractivity (Wildman–Crippen MR) is 87.3 cm³/mol. The molecule has 0 amide bonds. The molecule has 2 aromatic rings. The summed E-state index contributed by atoms with van der Waals surface area (Å²) >= 11 is 14.9. The average molecular weight is 411 g/mol. The van der Waals surface area contributed by atoms with Crippen molar-refractivity contribution in [2.75, 3.05) is 4.72 Å². The Kier molecular flexibility index (Phi) is 5.16. The summed E-state index contributed by atoms with van der Waals surface area (Å²) in [5, 5.41) is 9.76. The van der Waals surface area contributed by atoms with E-state index in [0.717, 1.165) is 0 Å². The van der Waals surface area contributed by atoms with Gasteiger partial charge in [-0.05, 0) is 51.8 Å². The van der Waals surface area contributed by atoms with Gasteiger partial charge < -0.3 is 5.11 Å². The number of halogens is 3. The van der Waals surface area contributed by atoms with Crippen LogP contribution in [0.1, 0.15) is 5.56 Å². The summed E-state index contributed by atoms with van der Waals surface area (Å²) in [6, 6.07) is 8.98. The van der Waals surface area contributed by atoms with Crippen molar-refractivity contribution in [2.24, 2.45) is 0 Å². The van der Waals surface area contributed by atoms with Crippen LogP contribution in [0.15, 0.2) is 45.8 Å². The lowest BCUT2D eigenvalue weighted by Gasteiger charge is -2.11. The Labute approximate surface area is 140 Å². The molecule has 0 aliphatic carbocycles. The van der Waals surface area contributed by atoms with Crippen molar-refractivity contribution in [2.45, 2.75) is 11.5 Å². The van der Waals surface area contributed by atoms with Gasteiger partial charge in [0.2, 0.25) is 0 Å². The molecule has 4 nitrogen and oxygen atoms in total. The van der Waals surface area contributed by atoms with Crippen LogP contribution in [0, 0.1) is 0 Å². The third kappa shape index (κ3) is 4.11. The maximum atomic E-state index is 12.4. The molecule has 0 aromatic heterocycles. The lowest BCUT2D eigenvalue weighted by Crippen LogP contribution is -2.14. The van der Waals surface area contributed by atoms with Gasteiger partial charge in [0.1, 0.15) is 4.90 Å². The van der Waals surface area contributed by atoms with Gasteiger partial charge in [0.15, 0.2) is 0 Å². The Bertz CT molecular complexity index is 761. The first-order valence-corrected chi connectivity index (χ1v) is 8.73. The molecule has 2 aromatic carbocycles. The Morgan fingerprint density at radius 3 is 2.29 bits per heavy atom. The monoisotopic (exact) mass is 409 g/mol. The van der Waals surface area contributed by atoms with Crippen LogP contribution < -0.4 is 4.72 Å². The van der Waals surface area contributed by atoms with Gasteiger partial charge in [-0.3, -0.25) is 4.72 Å². The van der Waals surface area contributed by atoms with Crippen molar-refractivity contribution in [1.82, 2.24) is 0 Å². The second kappa shape index (κ2) is 6.54. The van der Waals surface area contributed by atoms with Crippen molar-refractivity contribution < 1.29 is 13.5 Å². The number of benzene rings is 2. The Morgan fingerprint density at radius 2 is 1.71 bits per heavy atom. The molecule has 0 aliphatic heterocycles. The standard InChI is InChI=1S/C13H10BrCl2NO3S/c14-12-2-1-8(7-18)3-13(12)21(19,20)17-11-5-9(15)4-10(16)6-11/h1-6,17-18H,7H2. The summed E-state index contributed by atoms with van der Waals surface area (Å²) in [5.74, 6) is 0. The number of hydrogen-bond acceptors (Lipinski definition) is 3. The summed E-state index contributed by atoms with van der Waals surface area (Å²) in [4.78, 5) is 0.0187. The van der Waals surface area contributed by atoms with Gasteiger partial charge >= 0.3 is 0 Å². The van der Waals surface area contributed by atoms with Crippen LogP contribution in [0.4, 0.5) is 5.69 Å². The number of sulfonamides is 1. The molecule has 0 aliphatic rings. The third-order valence-electron chi connectivity index (χ3n) is 2.58. The van der Waals surface area contributed by atoms with Crippen LogP contribution in [0.2, 0.25) is 10.0 Å². The van der Waals surface area contributed by atoms with Crippen LogP contribution in [0.25, 0.3) is 0 Å². The number of aliphatic hydroxyl groups is 1.